The van der Waals surface area contributed by atoms with Crippen molar-refractivity contribution in [2.45, 2.75) is 0 Å². The number of hydrogen-bond acceptors (Lipinski definition) is 4. The van der Waals surface area contributed by atoms with Crippen LogP contribution in [0, 0.1) is 0 Å². The molecule has 0 bridgehead atoms. The molecule has 0 saturated carbocycles. The molecule has 2 aromatic carbocycles. The molecule has 0 heterocycles. The highest BCUT2D eigenvalue weighted by atomic mass is 79.9. The third kappa shape index (κ3) is 5.54. The number of benzene rings is 2. The van der Waals surface area contributed by atoms with Crippen molar-refractivity contribution in [2.24, 2.45) is 0 Å². The maximum atomic E-state index is 6.07. The largest absolute Gasteiger partial charge is 0.820 e. The van der Waals surface area contributed by atoms with Crippen LogP contribution in [0.2, 0.25) is 0 Å². The minimum Gasteiger partial charge on any atom is -0.469 e. The molecular weight excluding hydrogens is 740 g/mol. The lowest BCUT2D eigenvalue weighted by molar-refractivity contribution is 0.0813. The van der Waals surface area contributed by atoms with Crippen molar-refractivity contribution in [3.63, 3.8) is 0 Å². The molecular formula is C14H10Br6O4Si. The van der Waals surface area contributed by atoms with Gasteiger partial charge in [0.2, 0.25) is 0 Å². The predicted molar refractivity (Wildman–Crippen MR) is 120 cm³/mol. The third-order valence-corrected chi connectivity index (χ3v) is 8.06. The summed E-state index contributed by atoms with van der Waals surface area (Å²) in [6, 6.07) is 7.43. The maximum Gasteiger partial charge on any atom is 0.820 e. The Hall–Kier alpha value is 1.06. The molecule has 0 aliphatic rings. The van der Waals surface area contributed by atoms with Crippen LogP contribution in [0.5, 0.6) is 11.5 Å². The Bertz CT molecular complexity index is 676. The molecule has 25 heavy (non-hydrogen) atoms. The summed E-state index contributed by atoms with van der Waals surface area (Å²) in [6.07, 6.45) is 0. The zero-order chi connectivity index (χ0) is 18.8. The molecule has 2 aromatic rings. The number of hydrogen-bond donors (Lipinski definition) is 0. The van der Waals surface area contributed by atoms with E-state index in [4.69, 9.17) is 17.7 Å². The quantitative estimate of drug-likeness (QED) is 0.288. The van der Waals surface area contributed by atoms with Gasteiger partial charge in [-0.3, -0.25) is 0 Å². The molecule has 2 rings (SSSR count). The molecule has 0 aliphatic heterocycles. The molecule has 0 aliphatic carbocycles. The first-order valence-corrected chi connectivity index (χ1v) is 12.9. The Labute approximate surface area is 197 Å². The maximum absolute atomic E-state index is 6.07. The van der Waals surface area contributed by atoms with Gasteiger partial charge in [-0.25, -0.2) is 0 Å². The molecule has 4 nitrogen and oxygen atoms in total. The summed E-state index contributed by atoms with van der Waals surface area (Å²) in [6.45, 7) is 0. The van der Waals surface area contributed by atoms with Crippen LogP contribution in [0.4, 0.5) is 0 Å². The SMILES string of the molecule is CO[Si](OC)(Oc1c(Br)cc(Br)cc1Br)Oc1c(Br)cc(Br)cc1Br. The first kappa shape index (κ1) is 22.3. The molecule has 0 amide bonds. The van der Waals surface area contributed by atoms with Crippen LogP contribution < -0.4 is 8.85 Å². The van der Waals surface area contributed by atoms with Gasteiger partial charge < -0.3 is 17.7 Å². The minimum absolute atomic E-state index is 0.517. The second kappa shape index (κ2) is 9.51. The van der Waals surface area contributed by atoms with Crippen LogP contribution in [0.15, 0.2) is 51.1 Å². The van der Waals surface area contributed by atoms with Gasteiger partial charge >= 0.3 is 9.05 Å². The summed E-state index contributed by atoms with van der Waals surface area (Å²) in [5.41, 5.74) is 0. The first-order valence-electron chi connectivity index (χ1n) is 6.48. The Kier molecular flexibility index (Phi) is 8.50. The molecule has 0 N–H and O–H groups in total. The van der Waals surface area contributed by atoms with Crippen LogP contribution in [-0.2, 0) is 8.85 Å². The van der Waals surface area contributed by atoms with E-state index in [0.29, 0.717) is 11.5 Å². The molecule has 0 spiro atoms. The number of rotatable bonds is 6. The zero-order valence-electron chi connectivity index (χ0n) is 12.7. The topological polar surface area (TPSA) is 36.9 Å². The van der Waals surface area contributed by atoms with E-state index in [-0.39, 0.29) is 0 Å². The number of halogens is 6. The van der Waals surface area contributed by atoms with Crippen molar-refractivity contribution in [2.75, 3.05) is 14.2 Å². The van der Waals surface area contributed by atoms with Crippen molar-refractivity contribution >= 4 is 105 Å². The monoisotopic (exact) mass is 744 g/mol. The molecule has 11 heteroatoms. The van der Waals surface area contributed by atoms with Crippen molar-refractivity contribution in [3.05, 3.63) is 51.1 Å². The second-order valence-corrected chi connectivity index (χ2v) is 12.0. The first-order chi connectivity index (χ1) is 11.7. The van der Waals surface area contributed by atoms with E-state index in [1.165, 1.54) is 14.2 Å². The highest BCUT2D eigenvalue weighted by Gasteiger charge is 2.51. The Balaban J connectivity index is 2.43. The van der Waals surface area contributed by atoms with Crippen molar-refractivity contribution < 1.29 is 17.7 Å². The summed E-state index contributed by atoms with van der Waals surface area (Å²) >= 11 is 20.8. The van der Waals surface area contributed by atoms with Gasteiger partial charge in [-0.05, 0) is 88.0 Å². The predicted octanol–water partition coefficient (Wildman–Crippen LogP) is 7.45. The molecule has 0 radical (unpaired) electrons. The normalized spacial score (nSPS) is 11.5. The van der Waals surface area contributed by atoms with E-state index in [0.717, 1.165) is 26.8 Å². The molecule has 0 aromatic heterocycles. The highest BCUT2D eigenvalue weighted by molar-refractivity contribution is 9.12. The van der Waals surface area contributed by atoms with Gasteiger partial charge in [0, 0.05) is 23.2 Å². The lowest BCUT2D eigenvalue weighted by atomic mass is 10.3. The summed E-state index contributed by atoms with van der Waals surface area (Å²) < 4.78 is 27.9. The van der Waals surface area contributed by atoms with Gasteiger partial charge in [0.15, 0.2) is 0 Å². The standard InChI is InChI=1S/C14H10Br6O4Si/c1-21-25(22-2,23-13-9(17)3-7(15)4-10(13)18)24-14-11(19)5-8(16)6-12(14)20/h3-6H,1-2H3. The third-order valence-electron chi connectivity index (χ3n) is 2.88. The van der Waals surface area contributed by atoms with E-state index in [2.05, 4.69) is 95.6 Å². The molecule has 0 unspecified atom stereocenters. The van der Waals surface area contributed by atoms with Crippen molar-refractivity contribution in [1.29, 1.82) is 0 Å². The van der Waals surface area contributed by atoms with Crippen molar-refractivity contribution in [3.8, 4) is 11.5 Å². The molecule has 0 fully saturated rings. The minimum atomic E-state index is -3.54. The highest BCUT2D eigenvalue weighted by Crippen LogP contribution is 2.41. The van der Waals surface area contributed by atoms with E-state index >= 15 is 0 Å². The van der Waals surface area contributed by atoms with E-state index in [1.54, 1.807) is 0 Å². The van der Waals surface area contributed by atoms with Crippen LogP contribution >= 0.6 is 95.6 Å². The van der Waals surface area contributed by atoms with Crippen molar-refractivity contribution in [1.82, 2.24) is 0 Å². The lowest BCUT2D eigenvalue weighted by Gasteiger charge is -2.27. The fourth-order valence-corrected chi connectivity index (χ4v) is 8.69. The average molecular weight is 750 g/mol. The van der Waals surface area contributed by atoms with Gasteiger partial charge in [-0.1, -0.05) is 31.9 Å². The second-order valence-electron chi connectivity index (χ2n) is 4.51. The Morgan fingerprint density at radius 2 is 0.880 bits per heavy atom. The van der Waals surface area contributed by atoms with Gasteiger partial charge in [-0.2, -0.15) is 0 Å². The zero-order valence-corrected chi connectivity index (χ0v) is 23.2. The lowest BCUT2D eigenvalue weighted by Crippen LogP contribution is -2.53. The van der Waals surface area contributed by atoms with E-state index in [9.17, 15) is 0 Å². The Morgan fingerprint density at radius 3 is 1.12 bits per heavy atom. The van der Waals surface area contributed by atoms with E-state index in [1.807, 2.05) is 24.3 Å². The fourth-order valence-electron chi connectivity index (χ4n) is 1.77. The summed E-state index contributed by atoms with van der Waals surface area (Å²) in [5, 5.41) is 0. The van der Waals surface area contributed by atoms with Gasteiger partial charge in [0.1, 0.15) is 11.5 Å². The molecule has 136 valence electrons. The summed E-state index contributed by atoms with van der Waals surface area (Å²) in [5.74, 6) is 1.03. The van der Waals surface area contributed by atoms with E-state index < -0.39 is 9.05 Å². The fraction of sp³-hybridized carbons (Fsp3) is 0.143. The smallest absolute Gasteiger partial charge is 0.469 e. The van der Waals surface area contributed by atoms with Gasteiger partial charge in [0.05, 0.1) is 17.9 Å². The molecule has 0 saturated heterocycles. The Morgan fingerprint density at radius 1 is 0.600 bits per heavy atom. The van der Waals surface area contributed by atoms with Gasteiger partial charge in [0.25, 0.3) is 0 Å². The van der Waals surface area contributed by atoms with Crippen LogP contribution in [-0.4, -0.2) is 23.3 Å². The van der Waals surface area contributed by atoms with Gasteiger partial charge in [-0.15, -0.1) is 0 Å². The van der Waals surface area contributed by atoms with Crippen LogP contribution in [0.3, 0.4) is 0 Å². The van der Waals surface area contributed by atoms with Crippen LogP contribution in [0.1, 0.15) is 0 Å². The van der Waals surface area contributed by atoms with Crippen LogP contribution in [0.25, 0.3) is 0 Å². The average Bonchev–Trinajstić information content (AvgIpc) is 2.52. The summed E-state index contributed by atoms with van der Waals surface area (Å²) in [4.78, 5) is 0. The summed E-state index contributed by atoms with van der Waals surface area (Å²) in [7, 11) is -0.570. The molecule has 0 atom stereocenters.